The van der Waals surface area contributed by atoms with Crippen molar-refractivity contribution in [3.05, 3.63) is 52.1 Å². The van der Waals surface area contributed by atoms with E-state index in [1.807, 2.05) is 28.8 Å². The van der Waals surface area contributed by atoms with Gasteiger partial charge in [0.2, 0.25) is 0 Å². The highest BCUT2D eigenvalue weighted by Crippen LogP contribution is 2.33. The summed E-state index contributed by atoms with van der Waals surface area (Å²) in [4.78, 5) is 17.3. The molecule has 0 aliphatic carbocycles. The molecule has 2 bridgehead atoms. The average molecular weight is 297 g/mol. The predicted octanol–water partition coefficient (Wildman–Crippen LogP) is 1.11. The Hall–Kier alpha value is -1.98. The minimum absolute atomic E-state index is 0.0168. The number of nitrogens with zero attached hydrogens (tertiary/aromatic N) is 2. The van der Waals surface area contributed by atoms with Gasteiger partial charge in [0.25, 0.3) is 5.56 Å². The zero-order valence-electron chi connectivity index (χ0n) is 12.3. The van der Waals surface area contributed by atoms with E-state index in [0.29, 0.717) is 28.7 Å². The number of aromatic nitrogens is 2. The van der Waals surface area contributed by atoms with Crippen LogP contribution < -0.4 is 10.9 Å². The number of pyridine rings is 2. The summed E-state index contributed by atoms with van der Waals surface area (Å²) in [5.74, 6) is 0.879. The number of rotatable bonds is 2. The largest absolute Gasteiger partial charge is 0.392 e. The van der Waals surface area contributed by atoms with Crippen molar-refractivity contribution in [2.24, 2.45) is 5.92 Å². The average Bonchev–Trinajstić information content (AvgIpc) is 2.56. The van der Waals surface area contributed by atoms with E-state index in [9.17, 15) is 9.90 Å². The zero-order valence-corrected chi connectivity index (χ0v) is 12.3. The highest BCUT2D eigenvalue weighted by molar-refractivity contribution is 5.63. The van der Waals surface area contributed by atoms with Crippen LogP contribution >= 0.6 is 0 Å². The summed E-state index contributed by atoms with van der Waals surface area (Å²) in [6, 6.07) is 7.52. The lowest BCUT2D eigenvalue weighted by atomic mass is 9.83. The number of aliphatic hydroxyl groups excluding tert-OH is 1. The number of fused-ring (bicyclic) bond motifs is 4. The molecular weight excluding hydrogens is 278 g/mol. The summed E-state index contributed by atoms with van der Waals surface area (Å²) in [7, 11) is 0. The molecular formula is C17H19N3O2. The van der Waals surface area contributed by atoms with Crippen molar-refractivity contribution in [3.63, 3.8) is 0 Å². The molecule has 1 fully saturated rings. The number of aliphatic hydroxyl groups is 1. The molecule has 2 aromatic rings. The van der Waals surface area contributed by atoms with E-state index < -0.39 is 0 Å². The molecule has 2 aromatic heterocycles. The first-order chi connectivity index (χ1) is 10.8. The smallest absolute Gasteiger partial charge is 0.260 e. The Labute approximate surface area is 128 Å². The van der Waals surface area contributed by atoms with E-state index in [2.05, 4.69) is 10.3 Å². The van der Waals surface area contributed by atoms with Gasteiger partial charge in [-0.1, -0.05) is 6.07 Å². The fraction of sp³-hybridized carbons (Fsp3) is 0.412. The maximum absolute atomic E-state index is 13.0. The highest BCUT2D eigenvalue weighted by Gasteiger charge is 2.32. The van der Waals surface area contributed by atoms with Crippen LogP contribution in [0.5, 0.6) is 0 Å². The molecule has 0 radical (unpaired) electrons. The molecule has 0 saturated carbocycles. The molecule has 5 heteroatoms. The molecule has 2 atom stereocenters. The fourth-order valence-corrected chi connectivity index (χ4v) is 3.81. The Kier molecular flexibility index (Phi) is 3.32. The van der Waals surface area contributed by atoms with E-state index >= 15 is 0 Å². The topological polar surface area (TPSA) is 67.1 Å². The Morgan fingerprint density at radius 3 is 3.05 bits per heavy atom. The highest BCUT2D eigenvalue weighted by atomic mass is 16.3. The molecule has 2 aliphatic rings. The van der Waals surface area contributed by atoms with Gasteiger partial charge in [0.15, 0.2) is 0 Å². The normalized spacial score (nSPS) is 23.1. The van der Waals surface area contributed by atoms with Gasteiger partial charge >= 0.3 is 0 Å². The molecule has 22 heavy (non-hydrogen) atoms. The second-order valence-electron chi connectivity index (χ2n) is 6.22. The van der Waals surface area contributed by atoms with Gasteiger partial charge in [0, 0.05) is 30.9 Å². The van der Waals surface area contributed by atoms with Gasteiger partial charge in [-0.2, -0.15) is 0 Å². The number of piperidine rings is 1. The molecule has 4 heterocycles. The van der Waals surface area contributed by atoms with Crippen molar-refractivity contribution in [1.82, 2.24) is 14.9 Å². The number of nitrogens with one attached hydrogen (secondary N) is 1. The molecule has 2 N–H and O–H groups in total. The van der Waals surface area contributed by atoms with Gasteiger partial charge < -0.3 is 15.0 Å². The van der Waals surface area contributed by atoms with Gasteiger partial charge in [0.1, 0.15) is 0 Å². The van der Waals surface area contributed by atoms with Crippen LogP contribution in [0.3, 0.4) is 0 Å². The molecule has 5 nitrogen and oxygen atoms in total. The van der Waals surface area contributed by atoms with Gasteiger partial charge in [-0.05, 0) is 42.6 Å². The van der Waals surface area contributed by atoms with Crippen molar-refractivity contribution < 1.29 is 5.11 Å². The predicted molar refractivity (Wildman–Crippen MR) is 83.6 cm³/mol. The molecule has 0 aromatic carbocycles. The lowest BCUT2D eigenvalue weighted by Crippen LogP contribution is -2.45. The summed E-state index contributed by atoms with van der Waals surface area (Å²) in [5, 5.41) is 13.2. The molecule has 2 aliphatic heterocycles. The third-order valence-electron chi connectivity index (χ3n) is 4.81. The number of hydrogen-bond acceptors (Lipinski definition) is 4. The fourth-order valence-electron chi connectivity index (χ4n) is 3.81. The van der Waals surface area contributed by atoms with Crippen LogP contribution in [0.2, 0.25) is 0 Å². The van der Waals surface area contributed by atoms with Gasteiger partial charge in [-0.25, -0.2) is 0 Å². The van der Waals surface area contributed by atoms with Gasteiger partial charge in [-0.3, -0.25) is 9.78 Å². The van der Waals surface area contributed by atoms with Crippen LogP contribution in [0.1, 0.15) is 23.6 Å². The van der Waals surface area contributed by atoms with Crippen LogP contribution in [0.25, 0.3) is 11.3 Å². The zero-order chi connectivity index (χ0) is 15.1. The summed E-state index contributed by atoms with van der Waals surface area (Å²) in [6.45, 7) is 2.49. The summed E-state index contributed by atoms with van der Waals surface area (Å²) in [6.07, 6.45) is 2.80. The lowest BCUT2D eigenvalue weighted by molar-refractivity contribution is 0.253. The van der Waals surface area contributed by atoms with E-state index in [1.54, 1.807) is 6.20 Å². The standard InChI is InChI=1S/C17H19N3O2/c21-10-13-6-15-12-5-11(7-18-8-12)9-20(15)17(22)16(13)14-3-1-2-4-19-14/h1-4,6,11-12,18,21H,5,7-10H2. The monoisotopic (exact) mass is 297 g/mol. The van der Waals surface area contributed by atoms with Gasteiger partial charge in [-0.15, -0.1) is 0 Å². The Morgan fingerprint density at radius 1 is 1.36 bits per heavy atom. The van der Waals surface area contributed by atoms with Crippen LogP contribution in [-0.4, -0.2) is 27.7 Å². The molecule has 0 amide bonds. The van der Waals surface area contributed by atoms with E-state index in [4.69, 9.17) is 0 Å². The summed E-state index contributed by atoms with van der Waals surface area (Å²) < 4.78 is 1.91. The Morgan fingerprint density at radius 2 is 2.27 bits per heavy atom. The Balaban J connectivity index is 1.94. The second-order valence-corrected chi connectivity index (χ2v) is 6.22. The van der Waals surface area contributed by atoms with Crippen molar-refractivity contribution in [2.45, 2.75) is 25.5 Å². The first-order valence-corrected chi connectivity index (χ1v) is 7.77. The third-order valence-corrected chi connectivity index (χ3v) is 4.81. The minimum atomic E-state index is -0.140. The quantitative estimate of drug-likeness (QED) is 0.871. The van der Waals surface area contributed by atoms with Crippen molar-refractivity contribution in [3.8, 4) is 11.3 Å². The molecule has 4 rings (SSSR count). The maximum atomic E-state index is 13.0. The SMILES string of the molecule is O=c1c(-c2ccccn2)c(CO)cc2n1CC1CNCC2C1. The van der Waals surface area contributed by atoms with E-state index in [-0.39, 0.29) is 12.2 Å². The Bertz CT molecular complexity index is 754. The first kappa shape index (κ1) is 13.7. The third kappa shape index (κ3) is 2.09. The van der Waals surface area contributed by atoms with E-state index in [0.717, 1.165) is 31.7 Å². The van der Waals surface area contributed by atoms with E-state index in [1.165, 1.54) is 0 Å². The number of hydrogen-bond donors (Lipinski definition) is 2. The van der Waals surface area contributed by atoms with Crippen molar-refractivity contribution in [1.29, 1.82) is 0 Å². The molecule has 114 valence electrons. The first-order valence-electron chi connectivity index (χ1n) is 7.77. The maximum Gasteiger partial charge on any atom is 0.260 e. The summed E-state index contributed by atoms with van der Waals surface area (Å²) >= 11 is 0. The minimum Gasteiger partial charge on any atom is -0.392 e. The summed E-state index contributed by atoms with van der Waals surface area (Å²) in [5.41, 5.74) is 2.90. The lowest BCUT2D eigenvalue weighted by Gasteiger charge is -2.38. The van der Waals surface area contributed by atoms with Crippen LogP contribution in [-0.2, 0) is 13.2 Å². The molecule has 2 unspecified atom stereocenters. The molecule has 0 spiro atoms. The van der Waals surface area contributed by atoms with Crippen LogP contribution in [0, 0.1) is 5.92 Å². The van der Waals surface area contributed by atoms with Gasteiger partial charge in [0.05, 0.1) is 17.9 Å². The van der Waals surface area contributed by atoms with Crippen LogP contribution in [0.4, 0.5) is 0 Å². The second kappa shape index (κ2) is 5.34. The van der Waals surface area contributed by atoms with Crippen molar-refractivity contribution >= 4 is 0 Å². The van der Waals surface area contributed by atoms with Crippen molar-refractivity contribution in [2.75, 3.05) is 13.1 Å². The molecule has 1 saturated heterocycles. The van der Waals surface area contributed by atoms with Crippen LogP contribution in [0.15, 0.2) is 35.3 Å².